The lowest BCUT2D eigenvalue weighted by molar-refractivity contribution is 0.0958. The number of hydrogen-bond acceptors (Lipinski definition) is 5. The maximum Gasteiger partial charge on any atom is 0.263 e. The van der Waals surface area contributed by atoms with Crippen molar-refractivity contribution in [3.8, 4) is 10.6 Å². The molecule has 0 saturated carbocycles. The van der Waals surface area contributed by atoms with Crippen molar-refractivity contribution in [3.63, 3.8) is 0 Å². The summed E-state index contributed by atoms with van der Waals surface area (Å²) in [5.41, 5.74) is 7.00. The molecule has 2 aromatic rings. The molecule has 0 aromatic carbocycles. The van der Waals surface area contributed by atoms with Crippen molar-refractivity contribution in [2.24, 2.45) is 5.73 Å². The molecule has 6 heteroatoms. The average molecular weight is 262 g/mol. The van der Waals surface area contributed by atoms with Gasteiger partial charge in [-0.3, -0.25) is 9.78 Å². The van der Waals surface area contributed by atoms with Crippen molar-refractivity contribution in [1.29, 1.82) is 0 Å². The molecule has 0 bridgehead atoms. The van der Waals surface area contributed by atoms with Crippen LogP contribution in [0.25, 0.3) is 10.6 Å². The number of aryl methyl sites for hydroxylation is 1. The average Bonchev–Trinajstić information content (AvgIpc) is 2.79. The molecule has 2 heterocycles. The molecule has 0 radical (unpaired) electrons. The Balaban J connectivity index is 2.25. The molecule has 1 amide bonds. The second-order valence-corrected chi connectivity index (χ2v) is 4.72. The fourth-order valence-electron chi connectivity index (χ4n) is 1.49. The van der Waals surface area contributed by atoms with E-state index in [0.29, 0.717) is 18.0 Å². The summed E-state index contributed by atoms with van der Waals surface area (Å²) < 4.78 is 0. The van der Waals surface area contributed by atoms with Crippen LogP contribution < -0.4 is 11.1 Å². The zero-order chi connectivity index (χ0) is 13.0. The van der Waals surface area contributed by atoms with Gasteiger partial charge in [0.2, 0.25) is 0 Å². The fraction of sp³-hybridized carbons (Fsp3) is 0.250. The molecule has 0 aliphatic heterocycles. The second kappa shape index (κ2) is 5.70. The normalized spacial score (nSPS) is 10.3. The smallest absolute Gasteiger partial charge is 0.263 e. The number of thiazole rings is 1. The Kier molecular flexibility index (Phi) is 4.01. The number of amides is 1. The Hall–Kier alpha value is -1.79. The van der Waals surface area contributed by atoms with E-state index in [2.05, 4.69) is 15.3 Å². The number of aromatic nitrogens is 2. The van der Waals surface area contributed by atoms with Crippen LogP contribution in [0.1, 0.15) is 15.4 Å². The summed E-state index contributed by atoms with van der Waals surface area (Å²) in [6, 6.07) is 3.77. The van der Waals surface area contributed by atoms with E-state index >= 15 is 0 Å². The molecular weight excluding hydrogens is 248 g/mol. The summed E-state index contributed by atoms with van der Waals surface area (Å²) in [6.45, 7) is 2.73. The highest BCUT2D eigenvalue weighted by molar-refractivity contribution is 7.17. The van der Waals surface area contributed by atoms with Crippen molar-refractivity contribution in [2.45, 2.75) is 6.92 Å². The number of pyridine rings is 1. The molecule has 94 valence electrons. The molecule has 2 rings (SSSR count). The topological polar surface area (TPSA) is 80.9 Å². The standard InChI is InChI=1S/C12H14N4OS/c1-8-10(11(17)15-6-4-13)18-12(16-8)9-3-2-5-14-7-9/h2-3,5,7H,4,6,13H2,1H3,(H,15,17). The molecule has 5 nitrogen and oxygen atoms in total. The van der Waals surface area contributed by atoms with E-state index in [4.69, 9.17) is 5.73 Å². The van der Waals surface area contributed by atoms with Gasteiger partial charge in [-0.25, -0.2) is 4.98 Å². The van der Waals surface area contributed by atoms with Crippen LogP contribution in [0.5, 0.6) is 0 Å². The maximum atomic E-state index is 11.9. The highest BCUT2D eigenvalue weighted by Crippen LogP contribution is 2.26. The van der Waals surface area contributed by atoms with Crippen LogP contribution in [0.4, 0.5) is 0 Å². The lowest BCUT2D eigenvalue weighted by Crippen LogP contribution is -2.28. The molecule has 18 heavy (non-hydrogen) atoms. The fourth-order valence-corrected chi connectivity index (χ4v) is 2.46. The van der Waals surface area contributed by atoms with Gasteiger partial charge in [-0.05, 0) is 19.1 Å². The zero-order valence-electron chi connectivity index (χ0n) is 10.0. The highest BCUT2D eigenvalue weighted by Gasteiger charge is 2.15. The minimum absolute atomic E-state index is 0.120. The Labute approximate surface area is 109 Å². The van der Waals surface area contributed by atoms with Crippen molar-refractivity contribution in [3.05, 3.63) is 35.1 Å². The van der Waals surface area contributed by atoms with E-state index in [1.807, 2.05) is 19.1 Å². The number of nitrogens with two attached hydrogens (primary N) is 1. The van der Waals surface area contributed by atoms with E-state index in [1.165, 1.54) is 11.3 Å². The first-order valence-corrected chi connectivity index (χ1v) is 6.40. The minimum atomic E-state index is -0.120. The summed E-state index contributed by atoms with van der Waals surface area (Å²) >= 11 is 1.37. The van der Waals surface area contributed by atoms with Gasteiger partial charge in [-0.2, -0.15) is 0 Å². The van der Waals surface area contributed by atoms with Gasteiger partial charge in [0, 0.05) is 31.0 Å². The van der Waals surface area contributed by atoms with Gasteiger partial charge in [0.1, 0.15) is 9.88 Å². The predicted molar refractivity (Wildman–Crippen MR) is 71.5 cm³/mol. The molecule has 0 spiro atoms. The number of nitrogens with zero attached hydrogens (tertiary/aromatic N) is 2. The van der Waals surface area contributed by atoms with Crippen molar-refractivity contribution < 1.29 is 4.79 Å². The number of rotatable bonds is 4. The summed E-state index contributed by atoms with van der Waals surface area (Å²) in [6.07, 6.45) is 3.44. The van der Waals surface area contributed by atoms with Crippen LogP contribution in [0.2, 0.25) is 0 Å². The molecule has 0 aliphatic rings. The molecular formula is C12H14N4OS. The molecule has 2 aromatic heterocycles. The Morgan fingerprint density at radius 3 is 3.06 bits per heavy atom. The quantitative estimate of drug-likeness (QED) is 0.867. The van der Waals surface area contributed by atoms with Gasteiger partial charge in [0.25, 0.3) is 5.91 Å². The van der Waals surface area contributed by atoms with Crippen LogP contribution in [0.3, 0.4) is 0 Å². The van der Waals surface area contributed by atoms with Gasteiger partial charge < -0.3 is 11.1 Å². The van der Waals surface area contributed by atoms with Gasteiger partial charge in [-0.15, -0.1) is 11.3 Å². The van der Waals surface area contributed by atoms with E-state index in [0.717, 1.165) is 16.3 Å². The third-order valence-corrected chi connectivity index (χ3v) is 3.55. The number of carbonyl (C=O) groups excluding carboxylic acids is 1. The van der Waals surface area contributed by atoms with E-state index in [-0.39, 0.29) is 5.91 Å². The number of hydrogen-bond donors (Lipinski definition) is 2. The van der Waals surface area contributed by atoms with E-state index in [1.54, 1.807) is 12.4 Å². The van der Waals surface area contributed by atoms with Crippen LogP contribution in [0, 0.1) is 6.92 Å². The van der Waals surface area contributed by atoms with E-state index < -0.39 is 0 Å². The molecule has 3 N–H and O–H groups in total. The van der Waals surface area contributed by atoms with Gasteiger partial charge in [0.15, 0.2) is 0 Å². The van der Waals surface area contributed by atoms with E-state index in [9.17, 15) is 4.79 Å². The molecule has 0 fully saturated rings. The van der Waals surface area contributed by atoms with Crippen LogP contribution in [-0.4, -0.2) is 29.0 Å². The lowest BCUT2D eigenvalue weighted by atomic mass is 10.3. The summed E-state index contributed by atoms with van der Waals surface area (Å²) in [4.78, 5) is 20.9. The number of carbonyl (C=O) groups is 1. The molecule has 0 aliphatic carbocycles. The Morgan fingerprint density at radius 1 is 1.56 bits per heavy atom. The monoisotopic (exact) mass is 262 g/mol. The first-order valence-electron chi connectivity index (χ1n) is 5.58. The van der Waals surface area contributed by atoms with Crippen LogP contribution >= 0.6 is 11.3 Å². The summed E-state index contributed by atoms with van der Waals surface area (Å²) in [5.74, 6) is -0.120. The molecule has 0 saturated heterocycles. The van der Waals surface area contributed by atoms with Crippen LogP contribution in [0.15, 0.2) is 24.5 Å². The molecule has 0 unspecified atom stereocenters. The molecule has 0 atom stereocenters. The highest BCUT2D eigenvalue weighted by atomic mass is 32.1. The van der Waals surface area contributed by atoms with Crippen molar-refractivity contribution >= 4 is 17.2 Å². The van der Waals surface area contributed by atoms with Crippen molar-refractivity contribution in [2.75, 3.05) is 13.1 Å². The lowest BCUT2D eigenvalue weighted by Gasteiger charge is -2.00. The predicted octanol–water partition coefficient (Wildman–Crippen LogP) is 1.20. The first-order chi connectivity index (χ1) is 8.72. The number of nitrogens with one attached hydrogen (secondary N) is 1. The van der Waals surface area contributed by atoms with Gasteiger partial charge >= 0.3 is 0 Å². The minimum Gasteiger partial charge on any atom is -0.350 e. The SMILES string of the molecule is Cc1nc(-c2cccnc2)sc1C(=O)NCCN. The summed E-state index contributed by atoms with van der Waals surface area (Å²) in [7, 11) is 0. The Bertz CT molecular complexity index is 538. The van der Waals surface area contributed by atoms with Gasteiger partial charge in [0.05, 0.1) is 5.69 Å². The first kappa shape index (κ1) is 12.7. The summed E-state index contributed by atoms with van der Waals surface area (Å²) in [5, 5.41) is 3.55. The maximum absolute atomic E-state index is 11.9. The zero-order valence-corrected chi connectivity index (χ0v) is 10.8. The van der Waals surface area contributed by atoms with Crippen molar-refractivity contribution in [1.82, 2.24) is 15.3 Å². The second-order valence-electron chi connectivity index (χ2n) is 3.72. The largest absolute Gasteiger partial charge is 0.350 e. The van der Waals surface area contributed by atoms with Gasteiger partial charge in [-0.1, -0.05) is 0 Å². The van der Waals surface area contributed by atoms with Crippen LogP contribution in [-0.2, 0) is 0 Å². The third-order valence-electron chi connectivity index (χ3n) is 2.34. The third kappa shape index (κ3) is 2.72. The Morgan fingerprint density at radius 2 is 2.39 bits per heavy atom.